The fourth-order valence-electron chi connectivity index (χ4n) is 4.54. The smallest absolute Gasteiger partial charge is 0.306 e. The van der Waals surface area contributed by atoms with Gasteiger partial charge in [-0.05, 0) is 73.2 Å². The van der Waals surface area contributed by atoms with Crippen LogP contribution >= 0.6 is 11.6 Å². The molecule has 3 aromatic rings. The molecule has 7 heteroatoms. The number of hydrogen-bond donors (Lipinski definition) is 1. The zero-order chi connectivity index (χ0) is 25.3. The van der Waals surface area contributed by atoms with E-state index in [1.54, 1.807) is 13.0 Å². The van der Waals surface area contributed by atoms with Gasteiger partial charge in [-0.3, -0.25) is 4.79 Å². The molecule has 0 bridgehead atoms. The Hall–Kier alpha value is -3.25. The molecule has 0 unspecified atom stereocenters. The van der Waals surface area contributed by atoms with E-state index < -0.39 is 0 Å². The number of esters is 1. The van der Waals surface area contributed by atoms with Crippen LogP contribution in [0.15, 0.2) is 60.7 Å². The summed E-state index contributed by atoms with van der Waals surface area (Å²) in [5.41, 5.74) is 4.65. The highest BCUT2D eigenvalue weighted by Crippen LogP contribution is 2.37. The van der Waals surface area contributed by atoms with Gasteiger partial charge in [-0.15, -0.1) is 0 Å². The molecule has 0 atom stereocenters. The van der Waals surface area contributed by atoms with Gasteiger partial charge in [0.25, 0.3) is 0 Å². The minimum Gasteiger partial charge on any atom is -0.492 e. The lowest BCUT2D eigenvalue weighted by Gasteiger charge is -2.33. The first kappa shape index (κ1) is 25.8. The first-order valence-electron chi connectivity index (χ1n) is 12.5. The fourth-order valence-corrected chi connectivity index (χ4v) is 4.83. The van der Waals surface area contributed by atoms with Gasteiger partial charge in [0.2, 0.25) is 0 Å². The van der Waals surface area contributed by atoms with Gasteiger partial charge in [-0.2, -0.15) is 0 Å². The number of para-hydroxylation sites is 1. The van der Waals surface area contributed by atoms with E-state index in [1.807, 2.05) is 48.5 Å². The molecular weight excluding hydrogens is 479 g/mol. The van der Waals surface area contributed by atoms with E-state index in [0.29, 0.717) is 37.4 Å². The Labute approximate surface area is 217 Å². The minimum absolute atomic E-state index is 0.168. The van der Waals surface area contributed by atoms with E-state index in [2.05, 4.69) is 10.2 Å². The average molecular weight is 511 g/mol. The average Bonchev–Trinajstić information content (AvgIpc) is 2.88. The first-order valence-corrected chi connectivity index (χ1v) is 12.8. The van der Waals surface area contributed by atoms with Crippen LogP contribution in [0.4, 0.5) is 15.8 Å². The van der Waals surface area contributed by atoms with Gasteiger partial charge in [0.15, 0.2) is 0 Å². The molecule has 0 aromatic heterocycles. The van der Waals surface area contributed by atoms with Crippen LogP contribution in [0, 0.1) is 5.82 Å². The zero-order valence-corrected chi connectivity index (χ0v) is 21.3. The van der Waals surface area contributed by atoms with Crippen LogP contribution in [0.1, 0.15) is 36.5 Å². The van der Waals surface area contributed by atoms with Crippen LogP contribution in [0.5, 0.6) is 5.75 Å². The Morgan fingerprint density at radius 3 is 2.69 bits per heavy atom. The molecule has 36 heavy (non-hydrogen) atoms. The number of carbonyl (C=O) groups is 1. The van der Waals surface area contributed by atoms with Crippen LogP contribution in [-0.4, -0.2) is 32.3 Å². The molecule has 5 nitrogen and oxygen atoms in total. The summed E-state index contributed by atoms with van der Waals surface area (Å²) in [5.74, 6) is 0.220. The molecular formula is C29H32ClFN2O3. The number of nitrogens with one attached hydrogen (secondary N) is 1. The number of nitrogens with zero attached hydrogens (tertiary/aromatic N) is 1. The van der Waals surface area contributed by atoms with Crippen molar-refractivity contribution >= 4 is 28.9 Å². The second-order valence-electron chi connectivity index (χ2n) is 8.75. The lowest BCUT2D eigenvalue weighted by Crippen LogP contribution is -2.34. The SMILES string of the molecule is CCOC(=O)CCc1ccc(NCc2ccc(Cl)c3c2CCCN3CCOc2ccccc2)cc1F. The molecule has 0 saturated carbocycles. The highest BCUT2D eigenvalue weighted by molar-refractivity contribution is 6.33. The van der Waals surface area contributed by atoms with Crippen molar-refractivity contribution in [3.63, 3.8) is 0 Å². The van der Waals surface area contributed by atoms with Crippen LogP contribution in [0.25, 0.3) is 0 Å². The number of halogens is 2. The number of hydrogen-bond acceptors (Lipinski definition) is 5. The number of carbonyl (C=O) groups excluding carboxylic acids is 1. The lowest BCUT2D eigenvalue weighted by atomic mass is 9.96. The third kappa shape index (κ3) is 6.70. The Balaban J connectivity index is 1.39. The van der Waals surface area contributed by atoms with Crippen LogP contribution in [0.2, 0.25) is 5.02 Å². The summed E-state index contributed by atoms with van der Waals surface area (Å²) in [4.78, 5) is 13.9. The second kappa shape index (κ2) is 12.6. The van der Waals surface area contributed by atoms with Crippen molar-refractivity contribution in [1.82, 2.24) is 0 Å². The lowest BCUT2D eigenvalue weighted by molar-refractivity contribution is -0.143. The maximum absolute atomic E-state index is 14.6. The van der Waals surface area contributed by atoms with Crippen molar-refractivity contribution < 1.29 is 18.7 Å². The molecule has 0 fully saturated rings. The Morgan fingerprint density at radius 2 is 1.92 bits per heavy atom. The number of fused-ring (bicyclic) bond motifs is 1. The van der Waals surface area contributed by atoms with Crippen LogP contribution in [0.3, 0.4) is 0 Å². The monoisotopic (exact) mass is 510 g/mol. The predicted molar refractivity (Wildman–Crippen MR) is 143 cm³/mol. The van der Waals surface area contributed by atoms with Crippen molar-refractivity contribution in [2.75, 3.05) is 36.5 Å². The number of aryl methyl sites for hydroxylation is 1. The quantitative estimate of drug-likeness (QED) is 0.302. The molecule has 0 saturated heterocycles. The molecule has 0 amide bonds. The molecule has 3 aromatic carbocycles. The van der Waals surface area contributed by atoms with E-state index in [0.717, 1.165) is 48.0 Å². The molecule has 1 heterocycles. The van der Waals surface area contributed by atoms with E-state index in [1.165, 1.54) is 11.6 Å². The van der Waals surface area contributed by atoms with Crippen molar-refractivity contribution in [1.29, 1.82) is 0 Å². The summed E-state index contributed by atoms with van der Waals surface area (Å²) in [6, 6.07) is 18.8. The molecule has 1 N–H and O–H groups in total. The summed E-state index contributed by atoms with van der Waals surface area (Å²) < 4.78 is 25.4. The molecule has 0 spiro atoms. The molecule has 0 radical (unpaired) electrons. The third-order valence-electron chi connectivity index (χ3n) is 6.31. The van der Waals surface area contributed by atoms with Gasteiger partial charge >= 0.3 is 5.97 Å². The minimum atomic E-state index is -0.327. The number of rotatable bonds is 11. The molecule has 190 valence electrons. The summed E-state index contributed by atoms with van der Waals surface area (Å²) in [6.45, 7) is 4.91. The Bertz CT molecular complexity index is 1170. The van der Waals surface area contributed by atoms with Crippen molar-refractivity contribution in [2.45, 2.75) is 39.2 Å². The zero-order valence-electron chi connectivity index (χ0n) is 20.6. The largest absolute Gasteiger partial charge is 0.492 e. The highest BCUT2D eigenvalue weighted by atomic mass is 35.5. The maximum Gasteiger partial charge on any atom is 0.306 e. The highest BCUT2D eigenvalue weighted by Gasteiger charge is 2.22. The second-order valence-corrected chi connectivity index (χ2v) is 9.16. The summed E-state index contributed by atoms with van der Waals surface area (Å²) >= 11 is 6.65. The van der Waals surface area contributed by atoms with Crippen molar-refractivity contribution in [2.24, 2.45) is 0 Å². The van der Waals surface area contributed by atoms with Gasteiger partial charge in [0.1, 0.15) is 18.2 Å². The normalized spacial score (nSPS) is 12.7. The number of ether oxygens (including phenoxy) is 2. The molecule has 1 aliphatic heterocycles. The molecule has 0 aliphatic carbocycles. The summed E-state index contributed by atoms with van der Waals surface area (Å²) in [7, 11) is 0. The van der Waals surface area contributed by atoms with Crippen molar-refractivity contribution in [3.05, 3.63) is 88.2 Å². The van der Waals surface area contributed by atoms with Crippen molar-refractivity contribution in [3.8, 4) is 5.75 Å². The van der Waals surface area contributed by atoms with Gasteiger partial charge in [0, 0.05) is 25.2 Å². The van der Waals surface area contributed by atoms with E-state index >= 15 is 0 Å². The van der Waals surface area contributed by atoms with Gasteiger partial charge in [-0.25, -0.2) is 4.39 Å². The predicted octanol–water partition coefficient (Wildman–Crippen LogP) is 6.42. The van der Waals surface area contributed by atoms with E-state index in [9.17, 15) is 9.18 Å². The number of anilines is 2. The fraction of sp³-hybridized carbons (Fsp3) is 0.345. The van der Waals surface area contributed by atoms with Gasteiger partial charge < -0.3 is 19.7 Å². The molecule has 1 aliphatic rings. The van der Waals surface area contributed by atoms with Crippen LogP contribution < -0.4 is 15.0 Å². The maximum atomic E-state index is 14.6. The topological polar surface area (TPSA) is 50.8 Å². The summed E-state index contributed by atoms with van der Waals surface area (Å²) in [5, 5.41) is 4.09. The van der Waals surface area contributed by atoms with Crippen LogP contribution in [-0.2, 0) is 28.9 Å². The first-order chi connectivity index (χ1) is 17.5. The standard InChI is InChI=1S/C29H32ClFN2O3/c1-2-35-28(34)15-12-21-10-13-23(19-27(21)31)32-20-22-11-14-26(30)29-25(22)9-6-16-33(29)17-18-36-24-7-4-3-5-8-24/h3-5,7-8,10-11,13-14,19,32H,2,6,9,12,15-18,20H2,1H3. The van der Waals surface area contributed by atoms with Gasteiger partial charge in [0.05, 0.1) is 23.9 Å². The van der Waals surface area contributed by atoms with Gasteiger partial charge in [-0.1, -0.05) is 41.9 Å². The van der Waals surface area contributed by atoms with E-state index in [-0.39, 0.29) is 18.2 Å². The number of benzene rings is 3. The Kier molecular flexibility index (Phi) is 9.06. The Morgan fingerprint density at radius 1 is 1.11 bits per heavy atom. The third-order valence-corrected chi connectivity index (χ3v) is 6.62. The summed E-state index contributed by atoms with van der Waals surface area (Å²) in [6.07, 6.45) is 2.47. The van der Waals surface area contributed by atoms with E-state index in [4.69, 9.17) is 21.1 Å². The molecule has 4 rings (SSSR count).